The van der Waals surface area contributed by atoms with Crippen molar-refractivity contribution in [3.8, 4) is 34.1 Å². The van der Waals surface area contributed by atoms with Crippen molar-refractivity contribution in [1.29, 1.82) is 0 Å². The molecule has 12 nitrogen and oxygen atoms in total. The van der Waals surface area contributed by atoms with Gasteiger partial charge in [-0.2, -0.15) is 0 Å². The second kappa shape index (κ2) is 10.2. The van der Waals surface area contributed by atoms with E-state index >= 15 is 0 Å². The van der Waals surface area contributed by atoms with Crippen LogP contribution in [0.25, 0.3) is 11.1 Å². The highest BCUT2D eigenvalue weighted by Crippen LogP contribution is 2.53. The summed E-state index contributed by atoms with van der Waals surface area (Å²) in [5, 5.41) is 88.3. The molecule has 240 valence electrons. The molecule has 0 radical (unpaired) electrons. The van der Waals surface area contributed by atoms with Crippen LogP contribution in [0.15, 0.2) is 48.5 Å². The molecule has 7 rings (SSSR count). The van der Waals surface area contributed by atoms with Gasteiger partial charge in [0.2, 0.25) is 11.6 Å². The first-order valence-corrected chi connectivity index (χ1v) is 14.6. The summed E-state index contributed by atoms with van der Waals surface area (Å²) in [7, 11) is 0. The van der Waals surface area contributed by atoms with E-state index in [-0.39, 0.29) is 44.5 Å². The average molecular weight is 641 g/mol. The van der Waals surface area contributed by atoms with Gasteiger partial charge in [-0.1, -0.05) is 30.3 Å². The molecule has 1 aliphatic heterocycles. The van der Waals surface area contributed by atoms with E-state index in [2.05, 4.69) is 0 Å². The molecule has 0 amide bonds. The normalized spacial score (nSPS) is 24.8. The number of ketones is 3. The lowest BCUT2D eigenvalue weighted by Gasteiger charge is -2.47. The van der Waals surface area contributed by atoms with Crippen LogP contribution >= 0.6 is 0 Å². The summed E-state index contributed by atoms with van der Waals surface area (Å²) >= 11 is 0. The molecule has 8 N–H and O–H groups in total. The molecule has 0 aromatic heterocycles. The third kappa shape index (κ3) is 3.96. The minimum Gasteiger partial charge on any atom is -0.507 e. The SMILES string of the molecule is Cc1cc(O)c2c(c1)[C@@](O)([C@H]1OC[C@H](O)[C@H](O)[C@H]1O)c1ccc(-c3c(C)cc(O)c4c3C(=O)c3cccc(O)c3C4=O)c(O)c1C2=O. The number of benzene rings is 4. The van der Waals surface area contributed by atoms with Gasteiger partial charge >= 0.3 is 0 Å². The number of carbonyl (C=O) groups excluding carboxylic acids is 3. The van der Waals surface area contributed by atoms with E-state index in [4.69, 9.17) is 4.74 Å². The van der Waals surface area contributed by atoms with Gasteiger partial charge in [0, 0.05) is 33.4 Å². The van der Waals surface area contributed by atoms with Gasteiger partial charge in [0.05, 0.1) is 28.9 Å². The number of aliphatic hydroxyl groups excluding tert-OH is 3. The summed E-state index contributed by atoms with van der Waals surface area (Å²) in [4.78, 5) is 41.7. The lowest BCUT2D eigenvalue weighted by atomic mass is 9.67. The maximum absolute atomic E-state index is 14.1. The van der Waals surface area contributed by atoms with Crippen molar-refractivity contribution in [2.24, 2.45) is 0 Å². The van der Waals surface area contributed by atoms with Crippen molar-refractivity contribution in [3.63, 3.8) is 0 Å². The van der Waals surface area contributed by atoms with Crippen LogP contribution in [0.3, 0.4) is 0 Å². The van der Waals surface area contributed by atoms with Crippen molar-refractivity contribution in [1.82, 2.24) is 0 Å². The predicted octanol–water partition coefficient (Wildman–Crippen LogP) is 1.83. The molecule has 4 aromatic rings. The Labute approximate surface area is 266 Å². The number of hydrogen-bond acceptors (Lipinski definition) is 12. The Morgan fingerprint density at radius 3 is 2.06 bits per heavy atom. The van der Waals surface area contributed by atoms with E-state index < -0.39 is 93.7 Å². The molecule has 0 bridgehead atoms. The first-order chi connectivity index (χ1) is 22.2. The van der Waals surface area contributed by atoms with Crippen molar-refractivity contribution >= 4 is 17.3 Å². The summed E-state index contributed by atoms with van der Waals surface area (Å²) in [6.07, 6.45) is -6.85. The van der Waals surface area contributed by atoms with Crippen molar-refractivity contribution in [2.75, 3.05) is 6.61 Å². The van der Waals surface area contributed by atoms with E-state index in [1.165, 1.54) is 55.5 Å². The molecular formula is C35H28O12. The minimum absolute atomic E-state index is 0.0202. The van der Waals surface area contributed by atoms with Gasteiger partial charge in [0.25, 0.3) is 0 Å². The molecule has 5 atom stereocenters. The first-order valence-electron chi connectivity index (χ1n) is 14.6. The molecule has 2 aliphatic carbocycles. The van der Waals surface area contributed by atoms with Crippen molar-refractivity contribution in [3.05, 3.63) is 104 Å². The molecule has 0 unspecified atom stereocenters. The van der Waals surface area contributed by atoms with Gasteiger partial charge in [-0.3, -0.25) is 14.4 Å². The number of hydrogen-bond donors (Lipinski definition) is 8. The van der Waals surface area contributed by atoms with Crippen LogP contribution in [-0.2, 0) is 10.3 Å². The van der Waals surface area contributed by atoms with Crippen LogP contribution in [0.2, 0.25) is 0 Å². The Balaban J connectivity index is 1.52. The van der Waals surface area contributed by atoms with Crippen molar-refractivity contribution < 1.29 is 60.0 Å². The third-order valence-corrected chi connectivity index (χ3v) is 9.37. The van der Waals surface area contributed by atoms with E-state index in [1.807, 2.05) is 0 Å². The number of fused-ring (bicyclic) bond motifs is 4. The number of aromatic hydroxyl groups is 4. The molecule has 0 spiro atoms. The van der Waals surface area contributed by atoms with Crippen LogP contribution in [-0.4, -0.2) is 89.2 Å². The van der Waals surface area contributed by atoms with Crippen LogP contribution in [0, 0.1) is 13.8 Å². The molecule has 1 fully saturated rings. The number of carbonyl (C=O) groups is 3. The lowest BCUT2D eigenvalue weighted by Crippen LogP contribution is -2.61. The second-order valence-electron chi connectivity index (χ2n) is 12.2. The fraction of sp³-hybridized carbons (Fsp3) is 0.229. The molecule has 3 aliphatic rings. The van der Waals surface area contributed by atoms with Crippen molar-refractivity contribution in [2.45, 2.75) is 43.9 Å². The number of phenols is 4. The quantitative estimate of drug-likeness (QED) is 0.138. The van der Waals surface area contributed by atoms with Gasteiger partial charge in [-0.15, -0.1) is 0 Å². The second-order valence-corrected chi connectivity index (χ2v) is 12.2. The third-order valence-electron chi connectivity index (χ3n) is 9.37. The van der Waals surface area contributed by atoms with E-state index in [1.54, 1.807) is 6.92 Å². The first kappa shape index (κ1) is 30.5. The highest BCUT2D eigenvalue weighted by molar-refractivity contribution is 6.32. The van der Waals surface area contributed by atoms with Gasteiger partial charge in [0.15, 0.2) is 5.78 Å². The summed E-state index contributed by atoms with van der Waals surface area (Å²) in [6, 6.07) is 10.3. The lowest BCUT2D eigenvalue weighted by molar-refractivity contribution is -0.231. The van der Waals surface area contributed by atoms with Gasteiger partial charge in [0.1, 0.15) is 53.0 Å². The Morgan fingerprint density at radius 2 is 1.34 bits per heavy atom. The number of phenolic OH excluding ortho intramolecular Hbond substituents is 4. The van der Waals surface area contributed by atoms with Crippen LogP contribution in [0.1, 0.15) is 70.0 Å². The summed E-state index contributed by atoms with van der Waals surface area (Å²) in [5.74, 6) is -4.84. The average Bonchev–Trinajstić information content (AvgIpc) is 3.01. The maximum atomic E-state index is 14.1. The summed E-state index contributed by atoms with van der Waals surface area (Å²) in [5.41, 5.74) is -4.55. The highest BCUT2D eigenvalue weighted by Gasteiger charge is 2.56. The van der Waals surface area contributed by atoms with Gasteiger partial charge < -0.3 is 45.6 Å². The maximum Gasteiger partial charge on any atom is 0.201 e. The van der Waals surface area contributed by atoms with Crippen LogP contribution < -0.4 is 0 Å². The Morgan fingerprint density at radius 1 is 0.660 bits per heavy atom. The van der Waals surface area contributed by atoms with E-state index in [0.717, 1.165) is 0 Å². The number of aryl methyl sites for hydroxylation is 2. The van der Waals surface area contributed by atoms with Crippen LogP contribution in [0.4, 0.5) is 0 Å². The largest absolute Gasteiger partial charge is 0.507 e. The fourth-order valence-corrected chi connectivity index (χ4v) is 7.23. The molecule has 47 heavy (non-hydrogen) atoms. The predicted molar refractivity (Wildman–Crippen MR) is 162 cm³/mol. The monoisotopic (exact) mass is 640 g/mol. The zero-order valence-electron chi connectivity index (χ0n) is 24.8. The Bertz CT molecular complexity index is 2100. The van der Waals surface area contributed by atoms with E-state index in [0.29, 0.717) is 5.56 Å². The molecule has 4 aromatic carbocycles. The molecule has 1 saturated heterocycles. The van der Waals surface area contributed by atoms with Gasteiger partial charge in [-0.25, -0.2) is 0 Å². The Kier molecular flexibility index (Phi) is 6.62. The number of aliphatic hydroxyl groups is 4. The zero-order valence-corrected chi connectivity index (χ0v) is 24.8. The highest BCUT2D eigenvalue weighted by atomic mass is 16.5. The fourth-order valence-electron chi connectivity index (χ4n) is 7.23. The topological polar surface area (TPSA) is 222 Å². The molecule has 0 saturated carbocycles. The summed E-state index contributed by atoms with van der Waals surface area (Å²) < 4.78 is 5.66. The van der Waals surface area contributed by atoms with Gasteiger partial charge in [-0.05, 0) is 43.2 Å². The zero-order chi connectivity index (χ0) is 33.9. The summed E-state index contributed by atoms with van der Waals surface area (Å²) in [6.45, 7) is 2.59. The smallest absolute Gasteiger partial charge is 0.201 e. The Hall–Kier alpha value is -5.11. The number of ether oxygens (including phenoxy) is 1. The molecular weight excluding hydrogens is 612 g/mol. The molecule has 1 heterocycles. The number of rotatable bonds is 2. The molecule has 12 heteroatoms. The standard InChI is InChI=1S/C35H28O12/c1-12-8-17-24(19(37)9-12)32(44)25-16(35(17,46)34-33(45)30(42)21(39)11-47-34)7-6-15(28(25)40)22-13(2)10-20(38)26-27(22)29(41)14-4-3-5-18(36)23(14)31(26)43/h3-10,21,30,33-34,36-40,42,45-46H,11H2,1-2H3/t21-,30-,33+,34-,35+/m0/s1. The van der Waals surface area contributed by atoms with Crippen LogP contribution in [0.5, 0.6) is 23.0 Å². The van der Waals surface area contributed by atoms with E-state index in [9.17, 15) is 55.2 Å². The minimum atomic E-state index is -2.48.